The molecule has 24 heavy (non-hydrogen) atoms. The number of fused-ring (bicyclic) bond motifs is 3. The first-order chi connectivity index (χ1) is 11.5. The molecule has 0 aliphatic heterocycles. The summed E-state index contributed by atoms with van der Waals surface area (Å²) in [6.45, 7) is 10.3. The van der Waals surface area contributed by atoms with E-state index >= 15 is 0 Å². The van der Waals surface area contributed by atoms with Crippen molar-refractivity contribution in [1.29, 1.82) is 0 Å². The molecule has 3 aliphatic carbocycles. The summed E-state index contributed by atoms with van der Waals surface area (Å²) in [5, 5.41) is 0. The average Bonchev–Trinajstić information content (AvgIpc) is 2.90. The van der Waals surface area contributed by atoms with Gasteiger partial charge in [0.2, 0.25) is 0 Å². The van der Waals surface area contributed by atoms with Crippen molar-refractivity contribution in [2.75, 3.05) is 12.0 Å². The van der Waals surface area contributed by atoms with Gasteiger partial charge in [-0.05, 0) is 104 Å². The van der Waals surface area contributed by atoms with Gasteiger partial charge in [-0.1, -0.05) is 40.5 Å². The highest BCUT2D eigenvalue weighted by molar-refractivity contribution is 7.98. The Balaban J connectivity index is 1.81. The van der Waals surface area contributed by atoms with Crippen LogP contribution in [0.25, 0.3) is 0 Å². The van der Waals surface area contributed by atoms with E-state index in [-0.39, 0.29) is 0 Å². The smallest absolute Gasteiger partial charge is 0.00675 e. The Morgan fingerprint density at radius 2 is 1.67 bits per heavy atom. The van der Waals surface area contributed by atoms with Gasteiger partial charge in [0, 0.05) is 0 Å². The molecule has 0 aromatic heterocycles. The maximum atomic E-state index is 2.70. The van der Waals surface area contributed by atoms with Crippen LogP contribution >= 0.6 is 11.8 Å². The Hall–Kier alpha value is 0.350. The molecule has 0 spiro atoms. The van der Waals surface area contributed by atoms with Crippen molar-refractivity contribution in [3.05, 3.63) is 0 Å². The molecule has 3 rings (SSSR count). The minimum atomic E-state index is 0.644. The van der Waals surface area contributed by atoms with E-state index in [1.807, 2.05) is 0 Å². The van der Waals surface area contributed by atoms with E-state index in [9.17, 15) is 0 Å². The van der Waals surface area contributed by atoms with Gasteiger partial charge < -0.3 is 0 Å². The van der Waals surface area contributed by atoms with E-state index in [1.165, 1.54) is 50.7 Å². The van der Waals surface area contributed by atoms with Crippen LogP contribution in [0.5, 0.6) is 0 Å². The highest BCUT2D eigenvalue weighted by Gasteiger charge is 2.58. The van der Waals surface area contributed by atoms with Crippen molar-refractivity contribution in [2.45, 2.75) is 91.9 Å². The van der Waals surface area contributed by atoms with E-state index < -0.39 is 0 Å². The van der Waals surface area contributed by atoms with Gasteiger partial charge in [-0.3, -0.25) is 0 Å². The first-order valence-corrected chi connectivity index (χ1v) is 12.4. The minimum Gasteiger partial charge on any atom is -0.165 e. The molecule has 7 unspecified atom stereocenters. The Kier molecular flexibility index (Phi) is 6.00. The Morgan fingerprint density at radius 1 is 0.917 bits per heavy atom. The summed E-state index contributed by atoms with van der Waals surface area (Å²) >= 11 is 2.06. The van der Waals surface area contributed by atoms with Gasteiger partial charge in [0.25, 0.3) is 0 Å². The Labute approximate surface area is 156 Å². The fraction of sp³-hybridized carbons (Fsp3) is 1.00. The van der Waals surface area contributed by atoms with Crippen molar-refractivity contribution in [3.63, 3.8) is 0 Å². The average molecular weight is 351 g/mol. The zero-order valence-electron chi connectivity index (χ0n) is 17.1. The van der Waals surface area contributed by atoms with Crippen LogP contribution in [0.15, 0.2) is 0 Å². The molecule has 0 radical (unpaired) electrons. The van der Waals surface area contributed by atoms with Gasteiger partial charge in [-0.15, -0.1) is 0 Å². The van der Waals surface area contributed by atoms with Crippen molar-refractivity contribution in [2.24, 2.45) is 40.4 Å². The number of hydrogen-bond donors (Lipinski definition) is 0. The zero-order valence-corrected chi connectivity index (χ0v) is 17.9. The Morgan fingerprint density at radius 3 is 2.33 bits per heavy atom. The van der Waals surface area contributed by atoms with Crippen LogP contribution in [0.2, 0.25) is 0 Å². The number of thioether (sulfide) groups is 1. The summed E-state index contributed by atoms with van der Waals surface area (Å²) in [5.41, 5.74) is 1.33. The van der Waals surface area contributed by atoms with Gasteiger partial charge in [0.15, 0.2) is 0 Å². The van der Waals surface area contributed by atoms with Gasteiger partial charge in [-0.25, -0.2) is 0 Å². The standard InChI is InChI=1S/C23H42S/c1-6-14-22(3)17(7-2)8-10-19-20-11-9-18(13-16-24-5)23(20,4)15-12-21(19)22/h17-21H,6-16H2,1-5H3. The number of hydrogen-bond acceptors (Lipinski definition) is 1. The largest absolute Gasteiger partial charge is 0.165 e. The molecule has 0 heterocycles. The molecule has 0 N–H and O–H groups in total. The molecule has 3 saturated carbocycles. The van der Waals surface area contributed by atoms with Crippen LogP contribution < -0.4 is 0 Å². The molecular weight excluding hydrogens is 308 g/mol. The predicted molar refractivity (Wildman–Crippen MR) is 110 cm³/mol. The first-order valence-electron chi connectivity index (χ1n) is 11.0. The maximum Gasteiger partial charge on any atom is -0.00675 e. The second kappa shape index (κ2) is 7.53. The molecular formula is C23H42S. The van der Waals surface area contributed by atoms with Crippen molar-refractivity contribution in [3.8, 4) is 0 Å². The van der Waals surface area contributed by atoms with Crippen LogP contribution in [0.3, 0.4) is 0 Å². The van der Waals surface area contributed by atoms with Crippen LogP contribution in [0, 0.1) is 40.4 Å². The minimum absolute atomic E-state index is 0.644. The summed E-state index contributed by atoms with van der Waals surface area (Å²) in [5.74, 6) is 6.55. The quantitative estimate of drug-likeness (QED) is 0.480. The maximum absolute atomic E-state index is 2.70. The van der Waals surface area contributed by atoms with Gasteiger partial charge >= 0.3 is 0 Å². The summed E-state index contributed by atoms with van der Waals surface area (Å²) in [4.78, 5) is 0. The lowest BCUT2D eigenvalue weighted by Gasteiger charge is -2.59. The molecule has 140 valence electrons. The van der Waals surface area contributed by atoms with E-state index in [0.29, 0.717) is 10.8 Å². The second-order valence-corrected chi connectivity index (χ2v) is 10.9. The summed E-state index contributed by atoms with van der Waals surface area (Å²) in [6.07, 6.45) is 17.3. The molecule has 0 aromatic rings. The van der Waals surface area contributed by atoms with Crippen molar-refractivity contribution < 1.29 is 0 Å². The lowest BCUT2D eigenvalue weighted by molar-refractivity contribution is -0.100. The van der Waals surface area contributed by atoms with Gasteiger partial charge in [-0.2, -0.15) is 11.8 Å². The summed E-state index contributed by atoms with van der Waals surface area (Å²) < 4.78 is 0. The first kappa shape index (κ1) is 19.1. The summed E-state index contributed by atoms with van der Waals surface area (Å²) in [6, 6.07) is 0. The SMILES string of the molecule is CCCC1(C)C(CC)CCC2C1CCC1(C)C(CCSC)CCC21. The van der Waals surface area contributed by atoms with Gasteiger partial charge in [0.05, 0.1) is 0 Å². The molecule has 0 saturated heterocycles. The zero-order chi connectivity index (χ0) is 17.4. The normalized spacial score (nSPS) is 48.1. The predicted octanol–water partition coefficient (Wildman–Crippen LogP) is 7.42. The fourth-order valence-electron chi connectivity index (χ4n) is 7.98. The lowest BCUT2D eigenvalue weighted by atomic mass is 9.46. The number of rotatable bonds is 6. The third-order valence-corrected chi connectivity index (χ3v) is 9.86. The van der Waals surface area contributed by atoms with E-state index in [4.69, 9.17) is 0 Å². The highest BCUT2D eigenvalue weighted by atomic mass is 32.2. The van der Waals surface area contributed by atoms with Gasteiger partial charge in [0.1, 0.15) is 0 Å². The molecule has 3 aliphatic rings. The lowest BCUT2D eigenvalue weighted by Crippen LogP contribution is -2.51. The second-order valence-electron chi connectivity index (χ2n) is 9.92. The third kappa shape index (κ3) is 2.99. The van der Waals surface area contributed by atoms with Crippen LogP contribution in [0.4, 0.5) is 0 Å². The molecule has 0 amide bonds. The van der Waals surface area contributed by atoms with Crippen LogP contribution in [-0.2, 0) is 0 Å². The van der Waals surface area contributed by atoms with Crippen molar-refractivity contribution >= 4 is 11.8 Å². The monoisotopic (exact) mass is 350 g/mol. The molecule has 0 bridgehead atoms. The molecule has 7 atom stereocenters. The third-order valence-electron chi connectivity index (χ3n) is 9.21. The van der Waals surface area contributed by atoms with Crippen LogP contribution in [-0.4, -0.2) is 12.0 Å². The van der Waals surface area contributed by atoms with Crippen LogP contribution in [0.1, 0.15) is 91.9 Å². The molecule has 3 fully saturated rings. The van der Waals surface area contributed by atoms with E-state index in [2.05, 4.69) is 45.7 Å². The molecule has 0 aromatic carbocycles. The highest BCUT2D eigenvalue weighted by Crippen LogP contribution is 2.66. The van der Waals surface area contributed by atoms with E-state index in [0.717, 1.165) is 29.6 Å². The summed E-state index contributed by atoms with van der Waals surface area (Å²) in [7, 11) is 0. The van der Waals surface area contributed by atoms with Crippen molar-refractivity contribution in [1.82, 2.24) is 0 Å². The fourth-order valence-corrected chi connectivity index (χ4v) is 8.50. The topological polar surface area (TPSA) is 0 Å². The van der Waals surface area contributed by atoms with E-state index in [1.54, 1.807) is 19.3 Å². The molecule has 0 nitrogen and oxygen atoms in total. The Bertz CT molecular complexity index is 418. The molecule has 1 heteroatoms.